The summed E-state index contributed by atoms with van der Waals surface area (Å²) in [6, 6.07) is 3.83. The molecule has 2 heterocycles. The predicted molar refractivity (Wildman–Crippen MR) is 73.7 cm³/mol. The number of hydrogen-bond donors (Lipinski definition) is 2. The van der Waals surface area contributed by atoms with Crippen LogP contribution in [-0.4, -0.2) is 38.0 Å². The van der Waals surface area contributed by atoms with E-state index >= 15 is 0 Å². The highest BCUT2D eigenvalue weighted by Crippen LogP contribution is 2.19. The molecule has 1 fully saturated rings. The van der Waals surface area contributed by atoms with Gasteiger partial charge in [-0.25, -0.2) is 13.4 Å². The molecule has 0 amide bonds. The molecule has 1 aromatic heterocycles. The third kappa shape index (κ3) is 3.60. The zero-order valence-electron chi connectivity index (χ0n) is 10.5. The fourth-order valence-electron chi connectivity index (χ4n) is 2.11. The van der Waals surface area contributed by atoms with Crippen molar-refractivity contribution >= 4 is 21.3 Å². The number of hydrogen-bond acceptors (Lipinski definition) is 5. The highest BCUT2D eigenvalue weighted by molar-refractivity contribution is 7.91. The van der Waals surface area contributed by atoms with Crippen LogP contribution in [0.3, 0.4) is 0 Å². The Balaban J connectivity index is 1.88. The molecule has 0 bridgehead atoms. The van der Waals surface area contributed by atoms with Gasteiger partial charge in [0.15, 0.2) is 9.84 Å². The van der Waals surface area contributed by atoms with E-state index in [4.69, 9.17) is 0 Å². The molecule has 6 heteroatoms. The van der Waals surface area contributed by atoms with Crippen molar-refractivity contribution in [3.05, 3.63) is 18.3 Å². The smallest absolute Gasteiger partial charge is 0.150 e. The predicted octanol–water partition coefficient (Wildman–Crippen LogP) is 1.36. The summed E-state index contributed by atoms with van der Waals surface area (Å²) in [6.07, 6.45) is 2.51. The van der Waals surface area contributed by atoms with Crippen molar-refractivity contribution in [1.29, 1.82) is 0 Å². The van der Waals surface area contributed by atoms with Crippen molar-refractivity contribution in [2.75, 3.05) is 35.2 Å². The minimum atomic E-state index is -2.78. The first-order chi connectivity index (χ1) is 8.59. The van der Waals surface area contributed by atoms with E-state index in [9.17, 15) is 8.42 Å². The van der Waals surface area contributed by atoms with Crippen LogP contribution in [0.2, 0.25) is 0 Å². The molecule has 1 saturated heterocycles. The first-order valence-electron chi connectivity index (χ1n) is 6.23. The van der Waals surface area contributed by atoms with Crippen molar-refractivity contribution in [2.24, 2.45) is 5.92 Å². The van der Waals surface area contributed by atoms with Crippen LogP contribution in [0.25, 0.3) is 0 Å². The highest BCUT2D eigenvalue weighted by Gasteiger charge is 2.27. The Labute approximate surface area is 108 Å². The maximum atomic E-state index is 11.3. The Hall–Kier alpha value is -1.30. The molecule has 1 aliphatic rings. The van der Waals surface area contributed by atoms with Gasteiger partial charge in [0.05, 0.1) is 11.5 Å². The summed E-state index contributed by atoms with van der Waals surface area (Å²) in [5, 5.41) is 6.42. The zero-order chi connectivity index (χ0) is 13.0. The second-order valence-corrected chi connectivity index (χ2v) is 6.84. The van der Waals surface area contributed by atoms with Crippen LogP contribution in [0.4, 0.5) is 11.5 Å². The summed E-state index contributed by atoms with van der Waals surface area (Å²) >= 11 is 0. The molecular formula is C12H19N3O2S. The third-order valence-electron chi connectivity index (χ3n) is 3.04. The van der Waals surface area contributed by atoms with Gasteiger partial charge in [-0.3, -0.25) is 0 Å². The van der Waals surface area contributed by atoms with Gasteiger partial charge < -0.3 is 10.6 Å². The molecule has 0 aromatic carbocycles. The molecular weight excluding hydrogens is 250 g/mol. The molecule has 0 aliphatic carbocycles. The highest BCUT2D eigenvalue weighted by atomic mass is 32.2. The van der Waals surface area contributed by atoms with Gasteiger partial charge in [0.25, 0.3) is 0 Å². The lowest BCUT2D eigenvalue weighted by molar-refractivity contribution is 0.596. The summed E-state index contributed by atoms with van der Waals surface area (Å²) in [4.78, 5) is 4.18. The van der Waals surface area contributed by atoms with E-state index in [0.29, 0.717) is 18.1 Å². The molecule has 5 nitrogen and oxygen atoms in total. The van der Waals surface area contributed by atoms with Crippen molar-refractivity contribution in [3.63, 3.8) is 0 Å². The first-order valence-corrected chi connectivity index (χ1v) is 8.05. The van der Waals surface area contributed by atoms with Gasteiger partial charge in [-0.05, 0) is 25.3 Å². The van der Waals surface area contributed by atoms with E-state index in [0.717, 1.165) is 24.5 Å². The summed E-state index contributed by atoms with van der Waals surface area (Å²) < 4.78 is 22.7. The average Bonchev–Trinajstić information content (AvgIpc) is 2.68. The number of rotatable bonds is 5. The standard InChI is InChI=1S/C12H19N3O2S/c1-2-13-12-7-11(3-5-14-12)15-8-10-4-6-18(16,17)9-10/h3,5,7,10H,2,4,6,8-9H2,1H3,(H2,13,14,15). The lowest BCUT2D eigenvalue weighted by Crippen LogP contribution is -2.15. The van der Waals surface area contributed by atoms with E-state index in [-0.39, 0.29) is 5.92 Å². The van der Waals surface area contributed by atoms with Crippen LogP contribution in [0, 0.1) is 5.92 Å². The van der Waals surface area contributed by atoms with E-state index < -0.39 is 9.84 Å². The quantitative estimate of drug-likeness (QED) is 0.844. The molecule has 0 spiro atoms. The molecule has 2 rings (SSSR count). The molecule has 0 saturated carbocycles. The number of sulfone groups is 1. The van der Waals surface area contributed by atoms with Gasteiger partial charge in [0.1, 0.15) is 5.82 Å². The van der Waals surface area contributed by atoms with Crippen LogP contribution in [0.5, 0.6) is 0 Å². The van der Waals surface area contributed by atoms with E-state index in [1.54, 1.807) is 6.20 Å². The Morgan fingerprint density at radius 2 is 2.28 bits per heavy atom. The number of pyridine rings is 1. The summed E-state index contributed by atoms with van der Waals surface area (Å²) in [6.45, 7) is 3.55. The lowest BCUT2D eigenvalue weighted by Gasteiger charge is -2.11. The minimum Gasteiger partial charge on any atom is -0.385 e. The summed E-state index contributed by atoms with van der Waals surface area (Å²) in [5.74, 6) is 1.70. The number of nitrogens with one attached hydrogen (secondary N) is 2. The SMILES string of the molecule is CCNc1cc(NCC2CCS(=O)(=O)C2)ccn1. The van der Waals surface area contributed by atoms with Crippen LogP contribution >= 0.6 is 0 Å². The number of aromatic nitrogens is 1. The van der Waals surface area contributed by atoms with E-state index in [2.05, 4.69) is 15.6 Å². The van der Waals surface area contributed by atoms with Crippen LogP contribution in [0.1, 0.15) is 13.3 Å². The Kier molecular flexibility index (Phi) is 4.06. The monoisotopic (exact) mass is 269 g/mol. The average molecular weight is 269 g/mol. The fourth-order valence-corrected chi connectivity index (χ4v) is 3.98. The second-order valence-electron chi connectivity index (χ2n) is 4.61. The zero-order valence-corrected chi connectivity index (χ0v) is 11.3. The summed E-state index contributed by atoms with van der Waals surface area (Å²) in [7, 11) is -2.78. The normalized spacial score (nSPS) is 21.7. The molecule has 1 aromatic rings. The fraction of sp³-hybridized carbons (Fsp3) is 0.583. The van der Waals surface area contributed by atoms with Crippen LogP contribution in [0.15, 0.2) is 18.3 Å². The molecule has 1 aliphatic heterocycles. The van der Waals surface area contributed by atoms with Crippen LogP contribution in [-0.2, 0) is 9.84 Å². The maximum absolute atomic E-state index is 11.3. The van der Waals surface area contributed by atoms with Gasteiger partial charge in [0.2, 0.25) is 0 Å². The first kappa shape index (κ1) is 13.1. The summed E-state index contributed by atoms with van der Waals surface area (Å²) in [5.41, 5.74) is 0.977. The molecule has 100 valence electrons. The van der Waals surface area contributed by atoms with E-state index in [1.165, 1.54) is 0 Å². The van der Waals surface area contributed by atoms with Gasteiger partial charge in [-0.1, -0.05) is 0 Å². The number of nitrogens with zero attached hydrogens (tertiary/aromatic N) is 1. The van der Waals surface area contributed by atoms with Crippen molar-refractivity contribution in [1.82, 2.24) is 4.98 Å². The topological polar surface area (TPSA) is 71.1 Å². The molecule has 18 heavy (non-hydrogen) atoms. The van der Waals surface area contributed by atoms with Crippen LogP contribution < -0.4 is 10.6 Å². The molecule has 0 radical (unpaired) electrons. The largest absolute Gasteiger partial charge is 0.385 e. The number of anilines is 2. The van der Waals surface area contributed by atoms with Crippen molar-refractivity contribution < 1.29 is 8.42 Å². The Morgan fingerprint density at radius 3 is 2.94 bits per heavy atom. The van der Waals surface area contributed by atoms with Gasteiger partial charge in [-0.15, -0.1) is 0 Å². The van der Waals surface area contributed by atoms with E-state index in [1.807, 2.05) is 19.1 Å². The molecule has 1 atom stereocenters. The maximum Gasteiger partial charge on any atom is 0.150 e. The van der Waals surface area contributed by atoms with Crippen molar-refractivity contribution in [3.8, 4) is 0 Å². The van der Waals surface area contributed by atoms with Gasteiger partial charge in [-0.2, -0.15) is 0 Å². The Morgan fingerprint density at radius 1 is 1.44 bits per heavy atom. The van der Waals surface area contributed by atoms with Gasteiger partial charge >= 0.3 is 0 Å². The molecule has 2 N–H and O–H groups in total. The second kappa shape index (κ2) is 5.56. The molecule has 1 unspecified atom stereocenters. The Bertz CT molecular complexity index is 502. The van der Waals surface area contributed by atoms with Gasteiger partial charge in [0, 0.05) is 31.0 Å². The minimum absolute atomic E-state index is 0.228. The third-order valence-corrected chi connectivity index (χ3v) is 4.88. The van der Waals surface area contributed by atoms with Crippen molar-refractivity contribution in [2.45, 2.75) is 13.3 Å². The lowest BCUT2D eigenvalue weighted by atomic mass is 10.1.